The van der Waals surface area contributed by atoms with Crippen LogP contribution in [-0.4, -0.2) is 60.6 Å². The van der Waals surface area contributed by atoms with Crippen molar-refractivity contribution in [3.8, 4) is 0 Å². The monoisotopic (exact) mass is 272 g/mol. The van der Waals surface area contributed by atoms with Crippen molar-refractivity contribution in [1.82, 2.24) is 9.80 Å². The molecule has 2 heterocycles. The summed E-state index contributed by atoms with van der Waals surface area (Å²) in [6.45, 7) is 4.16. The summed E-state index contributed by atoms with van der Waals surface area (Å²) in [6.07, 6.45) is 0. The minimum atomic E-state index is -0.875. The topological polar surface area (TPSA) is 56.9 Å². The minimum Gasteiger partial charge on any atom is -0.481 e. The van der Waals surface area contributed by atoms with Gasteiger partial charge in [-0.15, -0.1) is 0 Å². The molecule has 1 aromatic heterocycles. The highest BCUT2D eigenvalue weighted by molar-refractivity contribution is 6.28. The maximum absolute atomic E-state index is 11.3. The number of nitrogens with zero attached hydrogens (tertiary/aromatic N) is 2. The fourth-order valence-electron chi connectivity index (χ4n) is 2.09. The highest BCUT2D eigenvalue weighted by Crippen LogP contribution is 2.23. The van der Waals surface area contributed by atoms with Crippen LogP contribution in [0.25, 0.3) is 0 Å². The molecule has 2 rings (SSSR count). The zero-order chi connectivity index (χ0) is 13.1. The summed E-state index contributed by atoms with van der Waals surface area (Å²) in [4.78, 5) is 15.7. The van der Waals surface area contributed by atoms with Crippen LogP contribution in [0.4, 0.5) is 0 Å². The zero-order valence-electron chi connectivity index (χ0n) is 10.3. The predicted octanol–water partition coefficient (Wildman–Crippen LogP) is 1.35. The maximum Gasteiger partial charge on any atom is 0.315 e. The van der Waals surface area contributed by atoms with Crippen molar-refractivity contribution in [3.63, 3.8) is 0 Å². The van der Waals surface area contributed by atoms with E-state index in [4.69, 9.17) is 16.0 Å². The van der Waals surface area contributed by atoms with Crippen LogP contribution >= 0.6 is 11.6 Å². The van der Waals surface area contributed by atoms with Crippen LogP contribution < -0.4 is 0 Å². The van der Waals surface area contributed by atoms with E-state index in [1.807, 2.05) is 0 Å². The molecule has 0 radical (unpaired) electrons. The number of likely N-dealkylation sites (N-methyl/N-ethyl adjacent to an activating group) is 1. The van der Waals surface area contributed by atoms with Crippen LogP contribution in [0, 0.1) is 0 Å². The molecule has 1 aliphatic heterocycles. The second-order valence-electron chi connectivity index (χ2n) is 4.64. The highest BCUT2D eigenvalue weighted by Gasteiger charge is 2.27. The fraction of sp³-hybridized carbons (Fsp3) is 0.583. The molecule has 1 unspecified atom stereocenters. The normalized spacial score (nSPS) is 19.9. The van der Waals surface area contributed by atoms with Gasteiger partial charge in [0.15, 0.2) is 5.22 Å². The molecule has 0 saturated carbocycles. The summed E-state index contributed by atoms with van der Waals surface area (Å²) >= 11 is 5.69. The van der Waals surface area contributed by atoms with Gasteiger partial charge in [0.05, 0.1) is 0 Å². The molecule has 18 heavy (non-hydrogen) atoms. The molecule has 6 heteroatoms. The molecule has 0 amide bonds. The van der Waals surface area contributed by atoms with E-state index < -0.39 is 11.9 Å². The first kappa shape index (κ1) is 13.4. The number of carbonyl (C=O) groups is 1. The van der Waals surface area contributed by atoms with Crippen molar-refractivity contribution in [3.05, 3.63) is 23.1 Å². The molecule has 1 aromatic rings. The van der Waals surface area contributed by atoms with E-state index in [2.05, 4.69) is 16.8 Å². The molecule has 1 atom stereocenters. The lowest BCUT2D eigenvalue weighted by Gasteiger charge is -2.33. The molecule has 0 aliphatic carbocycles. The van der Waals surface area contributed by atoms with E-state index in [0.717, 1.165) is 26.2 Å². The van der Waals surface area contributed by atoms with Gasteiger partial charge in [-0.05, 0) is 30.8 Å². The Balaban J connectivity index is 2.01. The molecule has 0 bridgehead atoms. The van der Waals surface area contributed by atoms with Gasteiger partial charge in [0.25, 0.3) is 0 Å². The molecule has 1 N–H and O–H groups in total. The lowest BCUT2D eigenvalue weighted by atomic mass is 10.1. The standard InChI is InChI=1S/C12H17ClN2O3/c1-14-4-6-15(7-5-14)8-9(12(16)17)10-2-3-11(13)18-10/h2-3,9H,4-8H2,1H3,(H,16,17). The van der Waals surface area contributed by atoms with Gasteiger partial charge in [0.1, 0.15) is 11.7 Å². The lowest BCUT2D eigenvalue weighted by molar-refractivity contribution is -0.139. The third kappa shape index (κ3) is 3.25. The summed E-state index contributed by atoms with van der Waals surface area (Å²) in [7, 11) is 2.07. The third-order valence-corrected chi connectivity index (χ3v) is 3.48. The molecule has 100 valence electrons. The average molecular weight is 273 g/mol. The van der Waals surface area contributed by atoms with Crippen LogP contribution in [0.1, 0.15) is 11.7 Å². The third-order valence-electron chi connectivity index (χ3n) is 3.27. The van der Waals surface area contributed by atoms with Crippen molar-refractivity contribution in [2.75, 3.05) is 39.8 Å². The zero-order valence-corrected chi connectivity index (χ0v) is 11.1. The minimum absolute atomic E-state index is 0.231. The Hall–Kier alpha value is -1.04. The van der Waals surface area contributed by atoms with Crippen LogP contribution in [0.3, 0.4) is 0 Å². The van der Waals surface area contributed by atoms with Gasteiger partial charge in [-0.1, -0.05) is 0 Å². The lowest BCUT2D eigenvalue weighted by Crippen LogP contribution is -2.46. The second-order valence-corrected chi connectivity index (χ2v) is 5.01. The number of aliphatic carboxylic acids is 1. The summed E-state index contributed by atoms with van der Waals surface area (Å²) in [5.41, 5.74) is 0. The van der Waals surface area contributed by atoms with E-state index in [9.17, 15) is 9.90 Å². The Morgan fingerprint density at radius 1 is 1.44 bits per heavy atom. The van der Waals surface area contributed by atoms with E-state index in [1.165, 1.54) is 0 Å². The number of hydrogen-bond donors (Lipinski definition) is 1. The number of piperazine rings is 1. The van der Waals surface area contributed by atoms with Crippen molar-refractivity contribution in [2.45, 2.75) is 5.92 Å². The number of furan rings is 1. The van der Waals surface area contributed by atoms with Gasteiger partial charge in [-0.25, -0.2) is 0 Å². The average Bonchev–Trinajstić information content (AvgIpc) is 2.74. The Kier molecular flexibility index (Phi) is 4.27. The first-order chi connectivity index (χ1) is 8.56. The van der Waals surface area contributed by atoms with Gasteiger partial charge in [-0.3, -0.25) is 9.69 Å². The van der Waals surface area contributed by atoms with Crippen LogP contribution in [0.2, 0.25) is 5.22 Å². The predicted molar refractivity (Wildman–Crippen MR) is 68.0 cm³/mol. The van der Waals surface area contributed by atoms with Gasteiger partial charge in [0, 0.05) is 32.7 Å². The summed E-state index contributed by atoms with van der Waals surface area (Å²) in [5, 5.41) is 9.51. The van der Waals surface area contributed by atoms with Gasteiger partial charge >= 0.3 is 5.97 Å². The molecular formula is C12H17ClN2O3. The quantitative estimate of drug-likeness (QED) is 0.897. The Labute approximate surface area is 111 Å². The van der Waals surface area contributed by atoms with Crippen molar-refractivity contribution in [1.29, 1.82) is 0 Å². The van der Waals surface area contributed by atoms with Crippen molar-refractivity contribution < 1.29 is 14.3 Å². The van der Waals surface area contributed by atoms with E-state index in [0.29, 0.717) is 12.3 Å². The van der Waals surface area contributed by atoms with Crippen molar-refractivity contribution in [2.24, 2.45) is 0 Å². The van der Waals surface area contributed by atoms with E-state index in [-0.39, 0.29) is 5.22 Å². The van der Waals surface area contributed by atoms with Crippen LogP contribution in [0.15, 0.2) is 16.5 Å². The number of carboxylic acid groups (broad SMARTS) is 1. The molecule has 1 aliphatic rings. The second kappa shape index (κ2) is 5.73. The van der Waals surface area contributed by atoms with Gasteiger partial charge < -0.3 is 14.4 Å². The van der Waals surface area contributed by atoms with Crippen LogP contribution in [-0.2, 0) is 4.79 Å². The maximum atomic E-state index is 11.3. The number of carboxylic acids is 1. The van der Waals surface area contributed by atoms with E-state index >= 15 is 0 Å². The van der Waals surface area contributed by atoms with Crippen LogP contribution in [0.5, 0.6) is 0 Å². The molecular weight excluding hydrogens is 256 g/mol. The summed E-state index contributed by atoms with van der Waals surface area (Å²) in [5.74, 6) is -1.10. The molecule has 0 spiro atoms. The van der Waals surface area contributed by atoms with Gasteiger partial charge in [0.2, 0.25) is 0 Å². The Morgan fingerprint density at radius 3 is 2.61 bits per heavy atom. The van der Waals surface area contributed by atoms with Gasteiger partial charge in [-0.2, -0.15) is 0 Å². The molecule has 5 nitrogen and oxygen atoms in total. The summed E-state index contributed by atoms with van der Waals surface area (Å²) < 4.78 is 5.22. The highest BCUT2D eigenvalue weighted by atomic mass is 35.5. The Bertz CT molecular complexity index is 413. The fourth-order valence-corrected chi connectivity index (χ4v) is 2.25. The summed E-state index contributed by atoms with van der Waals surface area (Å²) in [6, 6.07) is 3.22. The SMILES string of the molecule is CN1CCN(CC(C(=O)O)c2ccc(Cl)o2)CC1. The Morgan fingerprint density at radius 2 is 2.11 bits per heavy atom. The number of halogens is 1. The van der Waals surface area contributed by atoms with Crippen molar-refractivity contribution >= 4 is 17.6 Å². The smallest absolute Gasteiger partial charge is 0.315 e. The molecule has 1 fully saturated rings. The molecule has 0 aromatic carbocycles. The first-order valence-corrected chi connectivity index (χ1v) is 6.33. The molecule has 1 saturated heterocycles. The number of hydrogen-bond acceptors (Lipinski definition) is 4. The number of rotatable bonds is 4. The first-order valence-electron chi connectivity index (χ1n) is 5.95. The largest absolute Gasteiger partial charge is 0.481 e. The van der Waals surface area contributed by atoms with E-state index in [1.54, 1.807) is 12.1 Å².